The zero-order valence-corrected chi connectivity index (χ0v) is 18.1. The van der Waals surface area contributed by atoms with Crippen molar-refractivity contribution in [2.75, 3.05) is 5.75 Å². The molecule has 5 heteroatoms. The minimum Gasteiger partial charge on any atom is -0.265 e. The van der Waals surface area contributed by atoms with Gasteiger partial charge in [0.15, 0.2) is 0 Å². The maximum absolute atomic E-state index is 11.8. The van der Waals surface area contributed by atoms with Crippen molar-refractivity contribution in [3.05, 3.63) is 35.9 Å². The number of hydrogen-bond acceptors (Lipinski definition) is 3. The summed E-state index contributed by atoms with van der Waals surface area (Å²) in [6.45, 7) is 2.38. The Morgan fingerprint density at radius 3 is 1.76 bits per heavy atom. The largest absolute Gasteiger partial charge is 0.267 e. The van der Waals surface area contributed by atoms with Gasteiger partial charge >= 0.3 is 0 Å². The molecule has 142 valence electrons. The molecule has 0 atom stereocenters. The Labute approximate surface area is 169 Å². The Hall–Kier alpha value is -0.156. The van der Waals surface area contributed by atoms with Gasteiger partial charge in [-0.15, -0.1) is 0 Å². The molecule has 0 bridgehead atoms. The van der Waals surface area contributed by atoms with E-state index in [1.807, 2.05) is 30.3 Å². The van der Waals surface area contributed by atoms with Gasteiger partial charge in [-0.05, 0) is 12.0 Å². The Morgan fingerprint density at radius 2 is 1.24 bits per heavy atom. The van der Waals surface area contributed by atoms with Crippen LogP contribution in [-0.4, -0.2) is 14.2 Å². The third-order valence-corrected chi connectivity index (χ3v) is 5.51. The van der Waals surface area contributed by atoms with Gasteiger partial charge in [0, 0.05) is 21.7 Å². The fraction of sp³-hybridized carbons (Fsp3) is 0.700. The molecule has 0 aliphatic heterocycles. The third kappa shape index (κ3) is 14.7. The molecule has 1 aromatic rings. The first-order valence-corrected chi connectivity index (χ1v) is 11.1. The van der Waals surface area contributed by atoms with E-state index < -0.39 is 10.1 Å². The quantitative estimate of drug-likeness (QED) is 0.210. The first-order valence-electron chi connectivity index (χ1n) is 9.55. The van der Waals surface area contributed by atoms with Gasteiger partial charge in [-0.1, -0.05) is 101 Å². The molecule has 0 saturated carbocycles. The van der Waals surface area contributed by atoms with Gasteiger partial charge < -0.3 is 0 Å². The molecule has 3 nitrogen and oxygen atoms in total. The second-order valence-corrected chi connectivity index (χ2v) is 8.30. The predicted octanol–water partition coefficient (Wildman–Crippen LogP) is 5.84. The summed E-state index contributed by atoms with van der Waals surface area (Å²) < 4.78 is 28.8. The van der Waals surface area contributed by atoms with E-state index in [4.69, 9.17) is 4.18 Å². The van der Waals surface area contributed by atoms with Gasteiger partial charge in [0.2, 0.25) is 0 Å². The fourth-order valence-corrected chi connectivity index (χ4v) is 3.73. The molecule has 0 aliphatic carbocycles. The van der Waals surface area contributed by atoms with E-state index in [0.717, 1.165) is 18.4 Å². The van der Waals surface area contributed by atoms with Crippen LogP contribution in [0, 0.1) is 0 Å². The minimum atomic E-state index is -3.39. The maximum Gasteiger partial charge on any atom is 0.267 e. The molecular formula is C20H34O3STi. The molecule has 0 saturated heterocycles. The summed E-state index contributed by atoms with van der Waals surface area (Å²) in [5.41, 5.74) is 0.889. The minimum absolute atomic E-state index is 0. The molecule has 0 aliphatic rings. The number of benzene rings is 1. The van der Waals surface area contributed by atoms with E-state index in [-0.39, 0.29) is 34.1 Å². The molecule has 0 radical (unpaired) electrons. The van der Waals surface area contributed by atoms with Crippen LogP contribution in [0.4, 0.5) is 0 Å². The van der Waals surface area contributed by atoms with Gasteiger partial charge in [-0.25, -0.2) is 0 Å². The van der Waals surface area contributed by atoms with Crippen molar-refractivity contribution in [2.24, 2.45) is 0 Å². The van der Waals surface area contributed by atoms with Crippen LogP contribution >= 0.6 is 0 Å². The van der Waals surface area contributed by atoms with Crippen molar-refractivity contribution >= 4 is 10.1 Å². The fourth-order valence-electron chi connectivity index (χ4n) is 2.73. The van der Waals surface area contributed by atoms with Crippen LogP contribution in [0.2, 0.25) is 0 Å². The molecule has 0 fully saturated rings. The average Bonchev–Trinajstić information content (AvgIpc) is 2.59. The smallest absolute Gasteiger partial charge is 0.265 e. The van der Waals surface area contributed by atoms with Gasteiger partial charge in [0.25, 0.3) is 10.1 Å². The van der Waals surface area contributed by atoms with Crippen LogP contribution in [0.3, 0.4) is 0 Å². The molecule has 1 aromatic carbocycles. The summed E-state index contributed by atoms with van der Waals surface area (Å²) in [7, 11) is -3.39. The summed E-state index contributed by atoms with van der Waals surface area (Å²) in [6, 6.07) is 9.42. The zero-order chi connectivity index (χ0) is 17.5. The van der Waals surface area contributed by atoms with E-state index in [2.05, 4.69) is 6.92 Å². The van der Waals surface area contributed by atoms with Crippen molar-refractivity contribution in [3.63, 3.8) is 0 Å². The normalized spacial score (nSPS) is 11.2. The summed E-state index contributed by atoms with van der Waals surface area (Å²) >= 11 is 0. The molecule has 0 heterocycles. The standard InChI is InChI=1S/C20H34O3S.Ti/c1-2-3-4-5-6-7-8-9-10-11-15-18-24(21,22)23-19-20-16-13-12-14-17-20;/h12-14,16-17H,2-11,15,18-19H2,1H3;. The number of unbranched alkanes of at least 4 members (excludes halogenated alkanes) is 10. The second kappa shape index (κ2) is 16.0. The molecule has 0 unspecified atom stereocenters. The second-order valence-electron chi connectivity index (χ2n) is 6.55. The van der Waals surface area contributed by atoms with Gasteiger partial charge in [-0.3, -0.25) is 4.18 Å². The van der Waals surface area contributed by atoms with Gasteiger partial charge in [-0.2, -0.15) is 8.42 Å². The van der Waals surface area contributed by atoms with Crippen molar-refractivity contribution in [1.29, 1.82) is 0 Å². The molecule has 0 amide bonds. The molecule has 0 N–H and O–H groups in total. The van der Waals surface area contributed by atoms with Crippen molar-refractivity contribution in [2.45, 2.75) is 84.2 Å². The summed E-state index contributed by atoms with van der Waals surface area (Å²) in [5.74, 6) is 0.136. The van der Waals surface area contributed by atoms with Gasteiger partial charge in [0.1, 0.15) is 0 Å². The van der Waals surface area contributed by atoms with E-state index in [9.17, 15) is 8.42 Å². The van der Waals surface area contributed by atoms with Crippen LogP contribution in [0.15, 0.2) is 30.3 Å². The average molecular weight is 402 g/mol. The van der Waals surface area contributed by atoms with Crippen LogP contribution in [0.1, 0.15) is 83.1 Å². The number of rotatable bonds is 15. The van der Waals surface area contributed by atoms with E-state index in [0.29, 0.717) is 6.42 Å². The topological polar surface area (TPSA) is 43.4 Å². The SMILES string of the molecule is CCCCCCCCCCCCCS(=O)(=O)OCc1ccccc1.[Ti]. The Kier molecular flexibility index (Phi) is 15.9. The Morgan fingerprint density at radius 1 is 0.760 bits per heavy atom. The summed E-state index contributed by atoms with van der Waals surface area (Å²) in [6.07, 6.45) is 13.4. The van der Waals surface area contributed by atoms with E-state index in [1.54, 1.807) is 0 Å². The van der Waals surface area contributed by atoms with Crippen molar-refractivity contribution in [1.82, 2.24) is 0 Å². The Bertz CT molecular complexity index is 503. The maximum atomic E-state index is 11.8. The van der Waals surface area contributed by atoms with Crippen molar-refractivity contribution < 1.29 is 34.3 Å². The van der Waals surface area contributed by atoms with Crippen LogP contribution < -0.4 is 0 Å². The first kappa shape index (κ1) is 24.8. The molecule has 25 heavy (non-hydrogen) atoms. The first-order chi connectivity index (χ1) is 11.6. The van der Waals surface area contributed by atoms with Crippen LogP contribution in [0.25, 0.3) is 0 Å². The summed E-state index contributed by atoms with van der Waals surface area (Å²) in [4.78, 5) is 0. The van der Waals surface area contributed by atoms with E-state index in [1.165, 1.54) is 51.4 Å². The van der Waals surface area contributed by atoms with E-state index >= 15 is 0 Å². The zero-order valence-electron chi connectivity index (χ0n) is 15.7. The van der Waals surface area contributed by atoms with Gasteiger partial charge in [0.05, 0.1) is 12.4 Å². The third-order valence-electron chi connectivity index (χ3n) is 4.25. The molecular weight excluding hydrogens is 368 g/mol. The molecule has 0 spiro atoms. The molecule has 1 rings (SSSR count). The Balaban J connectivity index is 0.00000576. The van der Waals surface area contributed by atoms with Crippen LogP contribution in [0.5, 0.6) is 0 Å². The van der Waals surface area contributed by atoms with Crippen LogP contribution in [-0.2, 0) is 42.6 Å². The monoisotopic (exact) mass is 402 g/mol. The van der Waals surface area contributed by atoms with Crippen molar-refractivity contribution in [3.8, 4) is 0 Å². The predicted molar refractivity (Wildman–Crippen MR) is 101 cm³/mol. The number of hydrogen-bond donors (Lipinski definition) is 0. The molecule has 0 aromatic heterocycles. The summed E-state index contributed by atoms with van der Waals surface area (Å²) in [5, 5.41) is 0.